The lowest BCUT2D eigenvalue weighted by atomic mass is 9.91. The van der Waals surface area contributed by atoms with Gasteiger partial charge >= 0.3 is 0 Å². The monoisotopic (exact) mass is 287 g/mol. The van der Waals surface area contributed by atoms with E-state index in [1.54, 1.807) is 0 Å². The highest BCUT2D eigenvalue weighted by Gasteiger charge is 2.29. The standard InChI is InChI=1S/C16H21N3O2/c17-13-7-1-4-11-10-14(18-15(11)13)16(21)19(8-3-9-20)12-5-2-6-12/h1,4,7,10,12,18,20H,2-3,5-6,8-9,17H2. The number of nitrogens with one attached hydrogen (secondary N) is 1. The number of para-hydroxylation sites is 1. The number of aromatic nitrogens is 1. The summed E-state index contributed by atoms with van der Waals surface area (Å²) in [5, 5.41) is 9.98. The lowest BCUT2D eigenvalue weighted by Gasteiger charge is -2.37. The molecule has 112 valence electrons. The summed E-state index contributed by atoms with van der Waals surface area (Å²) in [6, 6.07) is 7.82. The van der Waals surface area contributed by atoms with Gasteiger partial charge < -0.3 is 20.7 Å². The number of nitrogen functional groups attached to an aromatic ring is 1. The minimum atomic E-state index is 0.00347. The zero-order chi connectivity index (χ0) is 14.8. The first kappa shape index (κ1) is 13.9. The number of carbonyl (C=O) groups is 1. The molecular formula is C16H21N3O2. The first-order valence-corrected chi connectivity index (χ1v) is 7.49. The van der Waals surface area contributed by atoms with Crippen molar-refractivity contribution in [2.75, 3.05) is 18.9 Å². The largest absolute Gasteiger partial charge is 0.397 e. The number of aliphatic hydroxyl groups is 1. The summed E-state index contributed by atoms with van der Waals surface area (Å²) in [4.78, 5) is 17.8. The molecule has 4 N–H and O–H groups in total. The van der Waals surface area contributed by atoms with Crippen molar-refractivity contribution in [1.82, 2.24) is 9.88 Å². The number of carbonyl (C=O) groups excluding carboxylic acids is 1. The van der Waals surface area contributed by atoms with Crippen molar-refractivity contribution in [2.24, 2.45) is 0 Å². The number of hydrogen-bond donors (Lipinski definition) is 3. The molecule has 1 saturated carbocycles. The molecule has 0 aliphatic heterocycles. The van der Waals surface area contributed by atoms with E-state index in [1.165, 1.54) is 6.42 Å². The Morgan fingerprint density at radius 3 is 2.86 bits per heavy atom. The average molecular weight is 287 g/mol. The highest BCUT2D eigenvalue weighted by Crippen LogP contribution is 2.28. The van der Waals surface area contributed by atoms with Crippen molar-refractivity contribution in [3.63, 3.8) is 0 Å². The Labute approximate surface area is 123 Å². The Morgan fingerprint density at radius 1 is 1.43 bits per heavy atom. The van der Waals surface area contributed by atoms with Crippen LogP contribution >= 0.6 is 0 Å². The van der Waals surface area contributed by atoms with Gasteiger partial charge in [-0.1, -0.05) is 12.1 Å². The zero-order valence-corrected chi connectivity index (χ0v) is 12.0. The number of hydrogen-bond acceptors (Lipinski definition) is 3. The lowest BCUT2D eigenvalue weighted by Crippen LogP contribution is -2.45. The van der Waals surface area contributed by atoms with Crippen molar-refractivity contribution < 1.29 is 9.90 Å². The van der Waals surface area contributed by atoms with Crippen LogP contribution in [0.5, 0.6) is 0 Å². The molecule has 0 unspecified atom stereocenters. The molecule has 1 aliphatic rings. The number of anilines is 1. The molecule has 3 rings (SSSR count). The number of aliphatic hydroxyl groups excluding tert-OH is 1. The van der Waals surface area contributed by atoms with E-state index in [-0.39, 0.29) is 12.5 Å². The Bertz CT molecular complexity index is 646. The number of fused-ring (bicyclic) bond motifs is 1. The van der Waals surface area contributed by atoms with Gasteiger partial charge in [0.25, 0.3) is 5.91 Å². The summed E-state index contributed by atoms with van der Waals surface area (Å²) in [5.74, 6) is 0.00347. The van der Waals surface area contributed by atoms with E-state index in [1.807, 2.05) is 29.2 Å². The summed E-state index contributed by atoms with van der Waals surface area (Å²) in [7, 11) is 0. The molecule has 0 radical (unpaired) electrons. The van der Waals surface area contributed by atoms with Crippen molar-refractivity contribution in [2.45, 2.75) is 31.7 Å². The molecule has 0 bridgehead atoms. The quantitative estimate of drug-likeness (QED) is 0.737. The summed E-state index contributed by atoms with van der Waals surface area (Å²) in [6.07, 6.45) is 3.90. The highest BCUT2D eigenvalue weighted by atomic mass is 16.3. The van der Waals surface area contributed by atoms with Crippen LogP contribution in [0.4, 0.5) is 5.69 Å². The number of aromatic amines is 1. The molecule has 5 heteroatoms. The van der Waals surface area contributed by atoms with Crippen LogP contribution in [-0.2, 0) is 0 Å². The molecule has 1 heterocycles. The molecule has 0 atom stereocenters. The summed E-state index contributed by atoms with van der Waals surface area (Å²) < 4.78 is 0. The van der Waals surface area contributed by atoms with Gasteiger partial charge in [-0.2, -0.15) is 0 Å². The van der Waals surface area contributed by atoms with Crippen LogP contribution in [-0.4, -0.2) is 40.1 Å². The van der Waals surface area contributed by atoms with E-state index >= 15 is 0 Å². The van der Waals surface area contributed by atoms with Crippen LogP contribution in [0.15, 0.2) is 24.3 Å². The fraction of sp³-hybridized carbons (Fsp3) is 0.438. The van der Waals surface area contributed by atoms with Crippen molar-refractivity contribution in [3.8, 4) is 0 Å². The molecule has 1 aromatic carbocycles. The van der Waals surface area contributed by atoms with Gasteiger partial charge in [0.1, 0.15) is 5.69 Å². The predicted octanol–water partition coefficient (Wildman–Crippen LogP) is 2.13. The fourth-order valence-corrected chi connectivity index (χ4v) is 2.84. The smallest absolute Gasteiger partial charge is 0.270 e. The van der Waals surface area contributed by atoms with E-state index in [0.29, 0.717) is 30.4 Å². The maximum Gasteiger partial charge on any atom is 0.270 e. The Hall–Kier alpha value is -2.01. The van der Waals surface area contributed by atoms with Gasteiger partial charge in [0.05, 0.1) is 11.2 Å². The van der Waals surface area contributed by atoms with Gasteiger partial charge in [-0.3, -0.25) is 4.79 Å². The second kappa shape index (κ2) is 5.77. The van der Waals surface area contributed by atoms with E-state index in [2.05, 4.69) is 4.98 Å². The Morgan fingerprint density at radius 2 is 2.24 bits per heavy atom. The van der Waals surface area contributed by atoms with Crippen LogP contribution in [0, 0.1) is 0 Å². The second-order valence-electron chi connectivity index (χ2n) is 5.65. The minimum Gasteiger partial charge on any atom is -0.397 e. The number of amides is 1. The van der Waals surface area contributed by atoms with E-state index < -0.39 is 0 Å². The molecule has 1 amide bonds. The van der Waals surface area contributed by atoms with Crippen LogP contribution in [0.2, 0.25) is 0 Å². The van der Waals surface area contributed by atoms with E-state index in [9.17, 15) is 4.79 Å². The summed E-state index contributed by atoms with van der Waals surface area (Å²) in [5.41, 5.74) is 7.98. The van der Waals surface area contributed by atoms with Crippen molar-refractivity contribution in [3.05, 3.63) is 30.0 Å². The number of nitrogens with two attached hydrogens (primary N) is 1. The topological polar surface area (TPSA) is 82.3 Å². The highest BCUT2D eigenvalue weighted by molar-refractivity contribution is 6.01. The third-order valence-corrected chi connectivity index (χ3v) is 4.25. The normalized spacial score (nSPS) is 15.1. The number of H-pyrrole nitrogens is 1. The molecule has 0 saturated heterocycles. The number of benzene rings is 1. The zero-order valence-electron chi connectivity index (χ0n) is 12.0. The van der Waals surface area contributed by atoms with Gasteiger partial charge in [-0.25, -0.2) is 0 Å². The molecule has 21 heavy (non-hydrogen) atoms. The summed E-state index contributed by atoms with van der Waals surface area (Å²) >= 11 is 0. The molecule has 2 aromatic rings. The molecule has 5 nitrogen and oxygen atoms in total. The molecule has 0 spiro atoms. The number of nitrogens with zero attached hydrogens (tertiary/aromatic N) is 1. The van der Waals surface area contributed by atoms with Gasteiger partial charge in [0.15, 0.2) is 0 Å². The predicted molar refractivity (Wildman–Crippen MR) is 83.1 cm³/mol. The SMILES string of the molecule is Nc1cccc2cc(C(=O)N(CCCO)C3CCC3)[nH]c12. The lowest BCUT2D eigenvalue weighted by molar-refractivity contribution is 0.0557. The third kappa shape index (κ3) is 2.61. The van der Waals surface area contributed by atoms with Crippen LogP contribution in [0.25, 0.3) is 10.9 Å². The molecule has 1 fully saturated rings. The third-order valence-electron chi connectivity index (χ3n) is 4.25. The van der Waals surface area contributed by atoms with Crippen molar-refractivity contribution >= 4 is 22.5 Å². The first-order chi connectivity index (χ1) is 10.2. The Kier molecular flexibility index (Phi) is 3.84. The van der Waals surface area contributed by atoms with Gasteiger partial charge in [0, 0.05) is 24.6 Å². The maximum atomic E-state index is 12.7. The fourth-order valence-electron chi connectivity index (χ4n) is 2.84. The van der Waals surface area contributed by atoms with Crippen molar-refractivity contribution in [1.29, 1.82) is 0 Å². The molecule has 1 aromatic heterocycles. The molecule has 1 aliphatic carbocycles. The molecular weight excluding hydrogens is 266 g/mol. The van der Waals surface area contributed by atoms with E-state index in [4.69, 9.17) is 10.8 Å². The average Bonchev–Trinajstić information content (AvgIpc) is 2.86. The van der Waals surface area contributed by atoms with Crippen LogP contribution < -0.4 is 5.73 Å². The van der Waals surface area contributed by atoms with Crippen LogP contribution in [0.1, 0.15) is 36.2 Å². The second-order valence-corrected chi connectivity index (χ2v) is 5.65. The van der Waals surface area contributed by atoms with Gasteiger partial charge in [-0.15, -0.1) is 0 Å². The number of rotatable bonds is 5. The minimum absolute atomic E-state index is 0.00347. The maximum absolute atomic E-state index is 12.7. The first-order valence-electron chi connectivity index (χ1n) is 7.49. The summed E-state index contributed by atoms with van der Waals surface area (Å²) in [6.45, 7) is 0.709. The Balaban J connectivity index is 1.87. The van der Waals surface area contributed by atoms with Crippen LogP contribution in [0.3, 0.4) is 0 Å². The van der Waals surface area contributed by atoms with E-state index in [0.717, 1.165) is 23.7 Å². The van der Waals surface area contributed by atoms with Gasteiger partial charge in [0.2, 0.25) is 0 Å². The van der Waals surface area contributed by atoms with Gasteiger partial charge in [-0.05, 0) is 37.8 Å².